The summed E-state index contributed by atoms with van der Waals surface area (Å²) in [6.45, 7) is 0. The molecule has 0 fully saturated rings. The molecule has 0 saturated carbocycles. The third-order valence-corrected chi connectivity index (χ3v) is 7.68. The van der Waals surface area contributed by atoms with Crippen molar-refractivity contribution < 1.29 is 61.0 Å². The molecule has 1 aliphatic heterocycles. The number of carbonyl (C=O) groups excluding carboxylic acids is 1. The lowest BCUT2D eigenvalue weighted by molar-refractivity contribution is -0.544. The molecule has 1 aliphatic rings. The Morgan fingerprint density at radius 3 is 1.80 bits per heavy atom. The van der Waals surface area contributed by atoms with Crippen molar-refractivity contribution in [2.75, 3.05) is 29.9 Å². The minimum absolute atomic E-state index is 0. The second-order valence-corrected chi connectivity index (χ2v) is 11.4. The van der Waals surface area contributed by atoms with Crippen molar-refractivity contribution in [3.05, 3.63) is 74.8 Å². The Morgan fingerprint density at radius 2 is 1.35 bits per heavy atom. The fraction of sp³-hybridized carbons (Fsp3) is 0.0909. The molecule has 4 rings (SSSR count). The Kier molecular flexibility index (Phi) is 9.95. The summed E-state index contributed by atoms with van der Waals surface area (Å²) in [5.41, 5.74) is 3.28. The maximum absolute atomic E-state index is 13.1. The van der Waals surface area contributed by atoms with Crippen molar-refractivity contribution in [3.8, 4) is 11.5 Å². The van der Waals surface area contributed by atoms with E-state index < -0.39 is 85.9 Å². The summed E-state index contributed by atoms with van der Waals surface area (Å²) in [5.74, 6) is -2.25. The molecule has 22 nitrogen and oxygen atoms in total. The Hall–Kier alpha value is -5.66. The standard InChI is InChI=1S/C22H20N8O13S2.H2O/c1-42-17-8-15(29(32)33)19(44(36,37)38)10-13(17)27-25-21(22(31)24-23-12-6-4-3-5-7-12)26-28(27)14-11-20(45(39,40)41)16(30(34)35)9-18(14)43-2;/h3-11,23H,1-2H3,(H,24,31)(H,25,26)(H,36,37,38)(H,39,40,41);1H2. The van der Waals surface area contributed by atoms with E-state index in [9.17, 15) is 51.0 Å². The second-order valence-electron chi connectivity index (χ2n) is 8.64. The normalized spacial score (nSPS) is 12.9. The highest BCUT2D eigenvalue weighted by atomic mass is 32.2. The molecule has 3 aromatic carbocycles. The Balaban J connectivity index is 0.00000576. The average molecular weight is 687 g/mol. The van der Waals surface area contributed by atoms with E-state index in [2.05, 4.69) is 16.0 Å². The molecule has 246 valence electrons. The SMILES string of the molecule is COc1cc([N+](=O)[O-])c(S(=O)(=O)O)cc1N1N=C(C(=O)NNc2ccccc2)[NH2+]N1c1cc(S(=O)(=O)O)c([N+](=O)[O-])cc1OC.[OH-]. The summed E-state index contributed by atoms with van der Waals surface area (Å²) in [5, 5.41) is 28.8. The van der Waals surface area contributed by atoms with E-state index in [1.807, 2.05) is 0 Å². The minimum atomic E-state index is -5.26. The molecule has 1 amide bonds. The zero-order chi connectivity index (χ0) is 33.3. The van der Waals surface area contributed by atoms with Crippen molar-refractivity contribution in [1.82, 2.24) is 5.43 Å². The number of hydrogen-bond donors (Lipinski definition) is 5. The lowest BCUT2D eigenvalue weighted by atomic mass is 10.2. The van der Waals surface area contributed by atoms with Crippen LogP contribution in [0.3, 0.4) is 0 Å². The number of nitrogens with one attached hydrogen (secondary N) is 2. The van der Waals surface area contributed by atoms with Crippen LogP contribution in [-0.4, -0.2) is 67.2 Å². The van der Waals surface area contributed by atoms with Gasteiger partial charge in [-0.25, -0.2) is 0 Å². The minimum Gasteiger partial charge on any atom is -0.870 e. The number of hydrazone groups is 1. The fourth-order valence-corrected chi connectivity index (χ4v) is 5.26. The topological polar surface area (TPSA) is 320 Å². The van der Waals surface area contributed by atoms with Crippen LogP contribution in [0.15, 0.2) is 69.5 Å². The van der Waals surface area contributed by atoms with E-state index in [1.54, 1.807) is 30.3 Å². The van der Waals surface area contributed by atoms with Crippen LogP contribution < -0.4 is 36.0 Å². The predicted molar refractivity (Wildman–Crippen MR) is 153 cm³/mol. The van der Waals surface area contributed by atoms with Gasteiger partial charge in [-0.2, -0.15) is 22.3 Å². The zero-order valence-corrected chi connectivity index (χ0v) is 24.8. The lowest BCUT2D eigenvalue weighted by Gasteiger charge is -2.26. The predicted octanol–water partition coefficient (Wildman–Crippen LogP) is 0.0136. The first-order valence-corrected chi connectivity index (χ1v) is 14.8. The number of nitrogens with two attached hydrogens (primary N) is 1. The second kappa shape index (κ2) is 13.1. The van der Waals surface area contributed by atoms with Crippen LogP contribution in [0.4, 0.5) is 28.4 Å². The number of hydrazine groups is 2. The van der Waals surface area contributed by atoms with E-state index in [-0.39, 0.29) is 5.48 Å². The van der Waals surface area contributed by atoms with Crippen LogP contribution in [-0.2, 0) is 25.0 Å². The number of anilines is 3. The highest BCUT2D eigenvalue weighted by Gasteiger charge is 2.41. The van der Waals surface area contributed by atoms with E-state index in [0.717, 1.165) is 24.8 Å². The highest BCUT2D eigenvalue weighted by Crippen LogP contribution is 2.42. The summed E-state index contributed by atoms with van der Waals surface area (Å²) in [4.78, 5) is 31.7. The van der Waals surface area contributed by atoms with Crippen LogP contribution in [0.25, 0.3) is 0 Å². The van der Waals surface area contributed by atoms with Gasteiger partial charge in [-0.05, 0) is 18.2 Å². The number of nitro benzene ring substituents is 2. The molecule has 0 bridgehead atoms. The molecule has 0 radical (unpaired) electrons. The van der Waals surface area contributed by atoms with Gasteiger partial charge >= 0.3 is 32.0 Å². The van der Waals surface area contributed by atoms with Gasteiger partial charge in [0.1, 0.15) is 5.69 Å². The van der Waals surface area contributed by atoms with Crippen LogP contribution >= 0.6 is 0 Å². The van der Waals surface area contributed by atoms with Crippen LogP contribution in [0.5, 0.6) is 11.5 Å². The smallest absolute Gasteiger partial charge is 0.348 e. The van der Waals surface area contributed by atoms with E-state index in [0.29, 0.717) is 35.1 Å². The summed E-state index contributed by atoms with van der Waals surface area (Å²) < 4.78 is 78.3. The molecular formula is C22H22N8O14S2. The van der Waals surface area contributed by atoms with Gasteiger partial charge in [-0.1, -0.05) is 28.4 Å². The number of hydrogen-bond acceptors (Lipinski definition) is 16. The number of rotatable bonds is 11. The Labute approximate surface area is 257 Å². The number of methoxy groups -OCH3 is 2. The zero-order valence-electron chi connectivity index (χ0n) is 23.2. The van der Waals surface area contributed by atoms with Gasteiger partial charge in [0.15, 0.2) is 27.0 Å². The van der Waals surface area contributed by atoms with Crippen molar-refractivity contribution >= 4 is 60.4 Å². The number of ether oxygens (including phenoxy) is 2. The summed E-state index contributed by atoms with van der Waals surface area (Å²) in [6, 6.07) is 10.7. The van der Waals surface area contributed by atoms with Gasteiger partial charge < -0.3 is 14.9 Å². The van der Waals surface area contributed by atoms with Gasteiger partial charge in [0, 0.05) is 6.07 Å². The van der Waals surface area contributed by atoms with Gasteiger partial charge in [0.25, 0.3) is 11.4 Å². The van der Waals surface area contributed by atoms with Gasteiger partial charge in [-0.15, -0.1) is 5.12 Å². The maximum Gasteiger partial charge on any atom is 0.348 e. The lowest BCUT2D eigenvalue weighted by Crippen LogP contribution is -2.98. The third-order valence-electron chi connectivity index (χ3n) is 5.91. The van der Waals surface area contributed by atoms with Gasteiger partial charge in [0.05, 0.1) is 41.9 Å². The van der Waals surface area contributed by atoms with Gasteiger partial charge in [-0.3, -0.25) is 45.0 Å². The summed E-state index contributed by atoms with van der Waals surface area (Å²) in [6.07, 6.45) is 0. The first kappa shape index (κ1) is 34.8. The number of amides is 1. The number of nitro groups is 2. The first-order valence-electron chi connectivity index (χ1n) is 11.9. The number of para-hydroxylation sites is 1. The molecular weight excluding hydrogens is 664 g/mol. The maximum atomic E-state index is 13.1. The molecule has 46 heavy (non-hydrogen) atoms. The first-order chi connectivity index (χ1) is 21.1. The van der Waals surface area contributed by atoms with Crippen LogP contribution in [0.2, 0.25) is 0 Å². The van der Waals surface area contributed by atoms with Crippen molar-refractivity contribution in [1.29, 1.82) is 0 Å². The highest BCUT2D eigenvalue weighted by molar-refractivity contribution is 7.86. The van der Waals surface area contributed by atoms with Crippen molar-refractivity contribution in [3.63, 3.8) is 0 Å². The molecule has 0 unspecified atom stereocenters. The molecule has 0 spiro atoms. The fourth-order valence-electron chi connectivity index (χ4n) is 3.94. The quantitative estimate of drug-likeness (QED) is 0.0767. The van der Waals surface area contributed by atoms with Crippen LogP contribution in [0, 0.1) is 20.2 Å². The van der Waals surface area contributed by atoms with Crippen molar-refractivity contribution in [2.24, 2.45) is 5.10 Å². The number of quaternary nitrogens is 1. The average Bonchev–Trinajstić information content (AvgIpc) is 3.43. The monoisotopic (exact) mass is 686 g/mol. The van der Waals surface area contributed by atoms with Crippen LogP contribution in [0.1, 0.15) is 0 Å². The van der Waals surface area contributed by atoms with E-state index in [4.69, 9.17) is 9.47 Å². The molecule has 0 aromatic heterocycles. The molecule has 1 heterocycles. The Bertz CT molecular complexity index is 1960. The third kappa shape index (κ3) is 7.01. The largest absolute Gasteiger partial charge is 0.870 e. The molecule has 0 saturated heterocycles. The summed E-state index contributed by atoms with van der Waals surface area (Å²) in [7, 11) is -8.42. The molecule has 7 N–H and O–H groups in total. The van der Waals surface area contributed by atoms with Gasteiger partial charge in [0.2, 0.25) is 0 Å². The van der Waals surface area contributed by atoms with E-state index >= 15 is 0 Å². The van der Waals surface area contributed by atoms with E-state index in [1.165, 1.54) is 0 Å². The number of amidine groups is 1. The Morgan fingerprint density at radius 1 is 0.870 bits per heavy atom. The summed E-state index contributed by atoms with van der Waals surface area (Å²) >= 11 is 0. The number of benzene rings is 3. The molecule has 0 atom stereocenters. The van der Waals surface area contributed by atoms with Crippen molar-refractivity contribution in [2.45, 2.75) is 9.79 Å². The molecule has 24 heteroatoms. The molecule has 3 aromatic rings. The number of nitrogens with zero attached hydrogens (tertiary/aromatic N) is 5. The molecule has 0 aliphatic carbocycles. The number of carbonyl (C=O) groups is 1.